The van der Waals surface area contributed by atoms with Crippen LogP contribution in [0.15, 0.2) is 6.20 Å². The van der Waals surface area contributed by atoms with Crippen molar-refractivity contribution in [2.45, 2.75) is 12.7 Å². The third kappa shape index (κ3) is 2.71. The lowest BCUT2D eigenvalue weighted by atomic mass is 10.6. The van der Waals surface area contributed by atoms with Crippen LogP contribution in [-0.2, 0) is 15.6 Å². The molecule has 0 spiro atoms. The number of nitrogens with one attached hydrogen (secondary N) is 1. The first-order valence-corrected chi connectivity index (χ1v) is 5.21. The van der Waals surface area contributed by atoms with Gasteiger partial charge in [-0.2, -0.15) is 0 Å². The number of rotatable bonds is 2. The molecule has 1 rings (SSSR count). The zero-order valence-electron chi connectivity index (χ0n) is 6.46. The van der Waals surface area contributed by atoms with Gasteiger partial charge < -0.3 is 4.98 Å². The molecular weight excluding hydrogens is 164 g/mol. The smallest absolute Gasteiger partial charge is 0.154 e. The Morgan fingerprint density at radius 3 is 2.64 bits per heavy atom. The van der Waals surface area contributed by atoms with E-state index < -0.39 is 9.84 Å². The highest BCUT2D eigenvalue weighted by Gasteiger charge is 2.06. The van der Waals surface area contributed by atoms with Gasteiger partial charge in [0.2, 0.25) is 0 Å². The average molecular weight is 174 g/mol. The van der Waals surface area contributed by atoms with E-state index in [1.165, 1.54) is 6.26 Å². The predicted octanol–water partition coefficient (Wildman–Crippen LogP) is 0.263. The minimum atomic E-state index is -2.96. The maximum atomic E-state index is 10.7. The number of imidazole rings is 1. The van der Waals surface area contributed by atoms with E-state index in [1.54, 1.807) is 6.20 Å². The molecule has 0 saturated heterocycles. The molecule has 62 valence electrons. The lowest BCUT2D eigenvalue weighted by molar-refractivity contribution is 0.600. The van der Waals surface area contributed by atoms with Crippen molar-refractivity contribution in [1.82, 2.24) is 9.97 Å². The number of aryl methyl sites for hydroxylation is 1. The summed E-state index contributed by atoms with van der Waals surface area (Å²) in [6, 6.07) is 0. The number of nitrogens with zero attached hydrogens (tertiary/aromatic N) is 1. The number of H-pyrrole nitrogens is 1. The third-order valence-electron chi connectivity index (χ3n) is 1.15. The summed E-state index contributed by atoms with van der Waals surface area (Å²) in [5, 5.41) is 0. The molecule has 11 heavy (non-hydrogen) atoms. The average Bonchev–Trinajstić information content (AvgIpc) is 2.10. The summed E-state index contributed by atoms with van der Waals surface area (Å²) < 4.78 is 21.5. The quantitative estimate of drug-likeness (QED) is 0.699. The molecule has 0 aliphatic carbocycles. The molecule has 0 fully saturated rings. The van der Waals surface area contributed by atoms with Crippen molar-refractivity contribution >= 4 is 9.84 Å². The zero-order chi connectivity index (χ0) is 8.48. The van der Waals surface area contributed by atoms with Gasteiger partial charge in [0.15, 0.2) is 9.84 Å². The fourth-order valence-corrected chi connectivity index (χ4v) is 1.43. The molecule has 1 N–H and O–H groups in total. The van der Waals surface area contributed by atoms with E-state index in [0.717, 1.165) is 5.69 Å². The monoisotopic (exact) mass is 174 g/mol. The highest BCUT2D eigenvalue weighted by atomic mass is 32.2. The minimum absolute atomic E-state index is 0.0131. The molecule has 0 unspecified atom stereocenters. The highest BCUT2D eigenvalue weighted by Crippen LogP contribution is 1.99. The van der Waals surface area contributed by atoms with E-state index >= 15 is 0 Å². The van der Waals surface area contributed by atoms with Gasteiger partial charge in [0, 0.05) is 18.1 Å². The predicted molar refractivity (Wildman–Crippen MR) is 41.9 cm³/mol. The van der Waals surface area contributed by atoms with Gasteiger partial charge in [0.1, 0.15) is 11.6 Å². The molecule has 4 nitrogen and oxygen atoms in total. The van der Waals surface area contributed by atoms with E-state index in [2.05, 4.69) is 9.97 Å². The van der Waals surface area contributed by atoms with E-state index in [4.69, 9.17) is 0 Å². The van der Waals surface area contributed by atoms with Gasteiger partial charge in [-0.25, -0.2) is 13.4 Å². The van der Waals surface area contributed by atoms with Gasteiger partial charge in [0.25, 0.3) is 0 Å². The standard InChI is InChI=1S/C6H10N2O2S/c1-5-3-7-6(8-5)4-11(2,9)10/h3H,4H2,1-2H3,(H,7,8). The maximum absolute atomic E-state index is 10.7. The number of hydrogen-bond donors (Lipinski definition) is 1. The minimum Gasteiger partial charge on any atom is -0.345 e. The Kier molecular flexibility index (Phi) is 1.99. The SMILES string of the molecule is Cc1cnc(CS(C)(=O)=O)[nH]1. The van der Waals surface area contributed by atoms with Gasteiger partial charge in [-0.05, 0) is 6.92 Å². The first kappa shape index (κ1) is 8.26. The summed E-state index contributed by atoms with van der Waals surface area (Å²) in [4.78, 5) is 6.71. The van der Waals surface area contributed by atoms with Crippen molar-refractivity contribution in [2.24, 2.45) is 0 Å². The van der Waals surface area contributed by atoms with E-state index in [-0.39, 0.29) is 5.75 Å². The van der Waals surface area contributed by atoms with Gasteiger partial charge in [-0.15, -0.1) is 0 Å². The Morgan fingerprint density at radius 1 is 1.64 bits per heavy atom. The number of hydrogen-bond acceptors (Lipinski definition) is 3. The van der Waals surface area contributed by atoms with Crippen LogP contribution >= 0.6 is 0 Å². The van der Waals surface area contributed by atoms with E-state index in [9.17, 15) is 8.42 Å². The molecule has 1 heterocycles. The summed E-state index contributed by atoms with van der Waals surface area (Å²) in [5.74, 6) is 0.492. The fourth-order valence-electron chi connectivity index (χ4n) is 0.789. The van der Waals surface area contributed by atoms with Crippen molar-refractivity contribution in [3.8, 4) is 0 Å². The number of aromatic nitrogens is 2. The van der Waals surface area contributed by atoms with Crippen molar-refractivity contribution < 1.29 is 8.42 Å². The van der Waals surface area contributed by atoms with Crippen LogP contribution in [0.4, 0.5) is 0 Å². The van der Waals surface area contributed by atoms with Gasteiger partial charge in [0.05, 0.1) is 0 Å². The summed E-state index contributed by atoms with van der Waals surface area (Å²) in [6.07, 6.45) is 2.80. The van der Waals surface area contributed by atoms with Gasteiger partial charge >= 0.3 is 0 Å². The molecule has 0 saturated carbocycles. The zero-order valence-corrected chi connectivity index (χ0v) is 7.27. The lowest BCUT2D eigenvalue weighted by Gasteiger charge is -1.91. The Bertz CT molecular complexity index is 339. The molecule has 0 atom stereocenters. The molecule has 0 radical (unpaired) electrons. The van der Waals surface area contributed by atoms with Crippen molar-refractivity contribution in [3.63, 3.8) is 0 Å². The molecule has 0 aliphatic heterocycles. The Morgan fingerprint density at radius 2 is 2.27 bits per heavy atom. The third-order valence-corrected chi connectivity index (χ3v) is 1.95. The van der Waals surface area contributed by atoms with Crippen LogP contribution in [0.1, 0.15) is 11.5 Å². The van der Waals surface area contributed by atoms with Gasteiger partial charge in [-0.3, -0.25) is 0 Å². The molecule has 0 bridgehead atoms. The van der Waals surface area contributed by atoms with Crippen LogP contribution in [0.3, 0.4) is 0 Å². The fraction of sp³-hybridized carbons (Fsp3) is 0.500. The van der Waals surface area contributed by atoms with Crippen molar-refractivity contribution in [3.05, 3.63) is 17.7 Å². The van der Waals surface area contributed by atoms with Crippen LogP contribution in [-0.4, -0.2) is 24.6 Å². The molecule has 0 aromatic carbocycles. The number of aromatic amines is 1. The molecule has 0 aliphatic rings. The Labute approximate surface area is 65.6 Å². The molecular formula is C6H10N2O2S. The lowest BCUT2D eigenvalue weighted by Crippen LogP contribution is -2.02. The number of sulfone groups is 1. The van der Waals surface area contributed by atoms with Crippen LogP contribution in [0.5, 0.6) is 0 Å². The summed E-state index contributed by atoms with van der Waals surface area (Å²) in [5.41, 5.74) is 0.878. The molecule has 0 amide bonds. The van der Waals surface area contributed by atoms with Crippen LogP contribution in [0.2, 0.25) is 0 Å². The first-order valence-electron chi connectivity index (χ1n) is 3.15. The van der Waals surface area contributed by atoms with E-state index in [0.29, 0.717) is 5.82 Å². The summed E-state index contributed by atoms with van der Waals surface area (Å²) >= 11 is 0. The first-order chi connectivity index (χ1) is 4.97. The van der Waals surface area contributed by atoms with Crippen molar-refractivity contribution in [1.29, 1.82) is 0 Å². The van der Waals surface area contributed by atoms with Crippen LogP contribution in [0, 0.1) is 6.92 Å². The maximum Gasteiger partial charge on any atom is 0.154 e. The second-order valence-corrected chi connectivity index (χ2v) is 4.72. The Balaban J connectivity index is 2.81. The van der Waals surface area contributed by atoms with Crippen LogP contribution < -0.4 is 0 Å². The van der Waals surface area contributed by atoms with Gasteiger partial charge in [-0.1, -0.05) is 0 Å². The second-order valence-electron chi connectivity index (χ2n) is 2.58. The molecule has 5 heteroatoms. The Hall–Kier alpha value is -0.840. The second kappa shape index (κ2) is 2.65. The van der Waals surface area contributed by atoms with E-state index in [1.807, 2.05) is 6.92 Å². The largest absolute Gasteiger partial charge is 0.345 e. The normalized spacial score (nSPS) is 11.8. The summed E-state index contributed by atoms with van der Waals surface area (Å²) in [7, 11) is -2.96. The van der Waals surface area contributed by atoms with Crippen molar-refractivity contribution in [2.75, 3.05) is 6.26 Å². The van der Waals surface area contributed by atoms with Crippen LogP contribution in [0.25, 0.3) is 0 Å². The molecule has 1 aromatic heterocycles. The highest BCUT2D eigenvalue weighted by molar-refractivity contribution is 7.89. The topological polar surface area (TPSA) is 62.8 Å². The molecule has 1 aromatic rings. The summed E-state index contributed by atoms with van der Waals surface area (Å²) in [6.45, 7) is 1.83.